The van der Waals surface area contributed by atoms with Gasteiger partial charge in [0.05, 0.1) is 0 Å². The third-order valence-electron chi connectivity index (χ3n) is 3.82. The van der Waals surface area contributed by atoms with E-state index in [0.29, 0.717) is 13.1 Å². The van der Waals surface area contributed by atoms with Gasteiger partial charge in [-0.3, -0.25) is 4.79 Å². The van der Waals surface area contributed by atoms with Crippen molar-refractivity contribution >= 4 is 21.8 Å². The third kappa shape index (κ3) is 4.18. The molecule has 0 aliphatic heterocycles. The normalized spacial score (nSPS) is 13.4. The second-order valence-corrected chi connectivity index (χ2v) is 6.57. The molecule has 5 heteroatoms. The van der Waals surface area contributed by atoms with Crippen molar-refractivity contribution in [2.75, 3.05) is 6.54 Å². The maximum Gasteiger partial charge on any atom is 0.247 e. The number of likely N-dealkylation sites (N-methyl/N-ethyl adjacent to an activating group) is 1. The van der Waals surface area contributed by atoms with E-state index in [1.165, 1.54) is 12.1 Å². The van der Waals surface area contributed by atoms with Crippen LogP contribution in [0.25, 0.3) is 0 Å². The molecule has 2 aromatic rings. The fourth-order valence-corrected chi connectivity index (χ4v) is 2.70. The van der Waals surface area contributed by atoms with Crippen LogP contribution in [0, 0.1) is 5.82 Å². The summed E-state index contributed by atoms with van der Waals surface area (Å²) in [5.74, 6) is -0.499. The highest BCUT2D eigenvalue weighted by Gasteiger charge is 2.34. The van der Waals surface area contributed by atoms with E-state index in [9.17, 15) is 9.18 Å². The minimum atomic E-state index is -1.13. The summed E-state index contributed by atoms with van der Waals surface area (Å²) < 4.78 is 14.3. The number of nitrogens with two attached hydrogens (primary N) is 1. The molecule has 2 rings (SSSR count). The first-order valence-electron chi connectivity index (χ1n) is 7.43. The minimum absolute atomic E-state index is 0.188. The van der Waals surface area contributed by atoms with Crippen LogP contribution in [0.1, 0.15) is 25.0 Å². The average Bonchev–Trinajstić information content (AvgIpc) is 2.52. The molecular formula is C18H20BrFN2O. The van der Waals surface area contributed by atoms with E-state index in [0.717, 1.165) is 15.6 Å². The van der Waals surface area contributed by atoms with Crippen molar-refractivity contribution in [3.05, 3.63) is 69.9 Å². The second-order valence-electron chi connectivity index (χ2n) is 5.66. The van der Waals surface area contributed by atoms with Gasteiger partial charge in [-0.05, 0) is 49.2 Å². The van der Waals surface area contributed by atoms with Crippen LogP contribution < -0.4 is 5.73 Å². The fraction of sp³-hybridized carbons (Fsp3) is 0.278. The lowest BCUT2D eigenvalue weighted by Crippen LogP contribution is -2.50. The van der Waals surface area contributed by atoms with E-state index < -0.39 is 5.54 Å². The number of carbonyl (C=O) groups excluding carboxylic acids is 1. The van der Waals surface area contributed by atoms with Gasteiger partial charge in [-0.25, -0.2) is 4.39 Å². The quantitative estimate of drug-likeness (QED) is 0.859. The largest absolute Gasteiger partial charge is 0.337 e. The second kappa shape index (κ2) is 7.23. The number of hydrogen-bond donors (Lipinski definition) is 1. The molecule has 0 radical (unpaired) electrons. The number of benzene rings is 2. The van der Waals surface area contributed by atoms with Crippen LogP contribution >= 0.6 is 15.9 Å². The Hall–Kier alpha value is -1.72. The highest BCUT2D eigenvalue weighted by molar-refractivity contribution is 9.10. The van der Waals surface area contributed by atoms with Gasteiger partial charge < -0.3 is 10.6 Å². The number of halogens is 2. The third-order valence-corrected chi connectivity index (χ3v) is 4.35. The SMILES string of the molecule is CCN(Cc1cccc(F)c1)C(=O)C(C)(N)c1ccc(Br)cc1. The summed E-state index contributed by atoms with van der Waals surface area (Å²) in [6.07, 6.45) is 0. The summed E-state index contributed by atoms with van der Waals surface area (Å²) >= 11 is 3.37. The van der Waals surface area contributed by atoms with Crippen LogP contribution in [0.15, 0.2) is 53.0 Å². The molecule has 3 nitrogen and oxygen atoms in total. The average molecular weight is 379 g/mol. The zero-order valence-corrected chi connectivity index (χ0v) is 14.8. The van der Waals surface area contributed by atoms with E-state index in [1.807, 2.05) is 31.2 Å². The molecule has 0 aromatic heterocycles. The fourth-order valence-electron chi connectivity index (χ4n) is 2.43. The van der Waals surface area contributed by atoms with Crippen LogP contribution in [0.4, 0.5) is 4.39 Å². The van der Waals surface area contributed by atoms with Crippen LogP contribution in [0.3, 0.4) is 0 Å². The molecule has 0 saturated heterocycles. The van der Waals surface area contributed by atoms with Crippen molar-refractivity contribution in [3.8, 4) is 0 Å². The molecule has 2 aromatic carbocycles. The zero-order valence-electron chi connectivity index (χ0n) is 13.2. The van der Waals surface area contributed by atoms with E-state index in [2.05, 4.69) is 15.9 Å². The molecule has 0 aliphatic rings. The molecule has 0 spiro atoms. The van der Waals surface area contributed by atoms with Crippen LogP contribution in [0.5, 0.6) is 0 Å². The summed E-state index contributed by atoms with van der Waals surface area (Å²) in [6, 6.07) is 13.6. The molecule has 122 valence electrons. The van der Waals surface area contributed by atoms with Crippen molar-refractivity contribution < 1.29 is 9.18 Å². The van der Waals surface area contributed by atoms with Gasteiger partial charge in [0.15, 0.2) is 0 Å². The van der Waals surface area contributed by atoms with Gasteiger partial charge in [-0.2, -0.15) is 0 Å². The number of hydrogen-bond acceptors (Lipinski definition) is 2. The van der Waals surface area contributed by atoms with Gasteiger partial charge in [-0.15, -0.1) is 0 Å². The predicted molar refractivity (Wildman–Crippen MR) is 93.2 cm³/mol. The van der Waals surface area contributed by atoms with Gasteiger partial charge >= 0.3 is 0 Å². The Labute approximate surface area is 144 Å². The van der Waals surface area contributed by atoms with Gasteiger partial charge in [-0.1, -0.05) is 40.2 Å². The Morgan fingerprint density at radius 2 is 1.91 bits per heavy atom. The topological polar surface area (TPSA) is 46.3 Å². The van der Waals surface area contributed by atoms with E-state index in [4.69, 9.17) is 5.73 Å². The Morgan fingerprint density at radius 1 is 1.26 bits per heavy atom. The highest BCUT2D eigenvalue weighted by atomic mass is 79.9. The maximum absolute atomic E-state index is 13.3. The van der Waals surface area contributed by atoms with Crippen LogP contribution in [0.2, 0.25) is 0 Å². The minimum Gasteiger partial charge on any atom is -0.337 e. The summed E-state index contributed by atoms with van der Waals surface area (Å²) in [5.41, 5.74) is 6.66. The van der Waals surface area contributed by atoms with Gasteiger partial charge in [0, 0.05) is 17.6 Å². The van der Waals surface area contributed by atoms with Gasteiger partial charge in [0.2, 0.25) is 5.91 Å². The lowest BCUT2D eigenvalue weighted by molar-refractivity contribution is -0.137. The number of nitrogens with zero attached hydrogens (tertiary/aromatic N) is 1. The predicted octanol–water partition coefficient (Wildman–Crippen LogP) is 3.81. The lowest BCUT2D eigenvalue weighted by Gasteiger charge is -2.31. The molecule has 23 heavy (non-hydrogen) atoms. The summed E-state index contributed by atoms with van der Waals surface area (Å²) in [4.78, 5) is 14.5. The first-order valence-corrected chi connectivity index (χ1v) is 8.22. The molecule has 2 N–H and O–H groups in total. The number of amides is 1. The number of rotatable bonds is 5. The summed E-state index contributed by atoms with van der Waals surface area (Å²) in [6.45, 7) is 4.41. The van der Waals surface area contributed by atoms with Gasteiger partial charge in [0.1, 0.15) is 11.4 Å². The molecule has 0 saturated carbocycles. The highest BCUT2D eigenvalue weighted by Crippen LogP contribution is 2.23. The van der Waals surface area contributed by atoms with E-state index in [-0.39, 0.29) is 11.7 Å². The van der Waals surface area contributed by atoms with Gasteiger partial charge in [0.25, 0.3) is 0 Å². The molecule has 1 atom stereocenters. The molecule has 0 bridgehead atoms. The van der Waals surface area contributed by atoms with E-state index in [1.54, 1.807) is 24.0 Å². The molecular weight excluding hydrogens is 359 g/mol. The van der Waals surface area contributed by atoms with E-state index >= 15 is 0 Å². The Balaban J connectivity index is 2.22. The zero-order chi connectivity index (χ0) is 17.0. The Kier molecular flexibility index (Phi) is 5.55. The monoisotopic (exact) mass is 378 g/mol. The molecule has 0 heterocycles. The molecule has 1 unspecified atom stereocenters. The Morgan fingerprint density at radius 3 is 2.48 bits per heavy atom. The summed E-state index contributed by atoms with van der Waals surface area (Å²) in [7, 11) is 0. The molecule has 0 aliphatic carbocycles. The number of carbonyl (C=O) groups is 1. The van der Waals surface area contributed by atoms with Crippen molar-refractivity contribution in [2.24, 2.45) is 5.73 Å². The Bertz CT molecular complexity index is 686. The van der Waals surface area contributed by atoms with Crippen LogP contribution in [-0.2, 0) is 16.9 Å². The van der Waals surface area contributed by atoms with Crippen LogP contribution in [-0.4, -0.2) is 17.4 Å². The first kappa shape index (κ1) is 17.6. The molecule has 0 fully saturated rings. The lowest BCUT2D eigenvalue weighted by atomic mass is 9.91. The maximum atomic E-state index is 13.3. The van der Waals surface area contributed by atoms with Crippen molar-refractivity contribution in [2.45, 2.75) is 25.9 Å². The summed E-state index contributed by atoms with van der Waals surface area (Å²) in [5, 5.41) is 0. The standard InChI is InChI=1S/C18H20BrFN2O/c1-3-22(12-13-5-4-6-16(20)11-13)17(23)18(2,21)14-7-9-15(19)10-8-14/h4-11H,3,12,21H2,1-2H3. The smallest absolute Gasteiger partial charge is 0.247 e. The first-order chi connectivity index (χ1) is 10.8. The van der Waals surface area contributed by atoms with Crippen molar-refractivity contribution in [1.82, 2.24) is 4.90 Å². The molecule has 1 amide bonds. The van der Waals surface area contributed by atoms with Crippen molar-refractivity contribution in [3.63, 3.8) is 0 Å². The van der Waals surface area contributed by atoms with Crippen molar-refractivity contribution in [1.29, 1.82) is 0 Å².